The number of nitrogens with one attached hydrogen (secondary N) is 1. The molecule has 156 valence electrons. The molecule has 0 saturated carbocycles. The molecule has 0 aliphatic carbocycles. The fraction of sp³-hybridized carbons (Fsp3) is 0. The van der Waals surface area contributed by atoms with Gasteiger partial charge < -0.3 is 14.2 Å². The van der Waals surface area contributed by atoms with E-state index in [1.54, 1.807) is 0 Å². The fourth-order valence-electron chi connectivity index (χ4n) is 4.76. The van der Waals surface area contributed by atoms with E-state index in [0.717, 1.165) is 66.4 Å². The van der Waals surface area contributed by atoms with Crippen molar-refractivity contribution in [2.75, 3.05) is 5.32 Å². The maximum atomic E-state index is 6.08. The van der Waals surface area contributed by atoms with Gasteiger partial charge in [0.05, 0.1) is 11.1 Å². The highest BCUT2D eigenvalue weighted by Gasteiger charge is 2.14. The van der Waals surface area contributed by atoms with Crippen LogP contribution < -0.4 is 5.32 Å². The van der Waals surface area contributed by atoms with Crippen molar-refractivity contribution >= 4 is 55.3 Å². The monoisotopic (exact) mass is 425 g/mol. The first kappa shape index (κ1) is 18.1. The molecule has 2 aromatic heterocycles. The lowest BCUT2D eigenvalue weighted by molar-refractivity contribution is 0.668. The second kappa shape index (κ2) is 7.01. The van der Waals surface area contributed by atoms with Crippen molar-refractivity contribution in [1.29, 1.82) is 0 Å². The highest BCUT2D eigenvalue weighted by atomic mass is 16.3. The predicted octanol–water partition coefficient (Wildman–Crippen LogP) is 8.90. The summed E-state index contributed by atoms with van der Waals surface area (Å²) < 4.78 is 12.1. The average Bonchev–Trinajstić information content (AvgIpc) is 3.43. The van der Waals surface area contributed by atoms with Crippen LogP contribution in [0.2, 0.25) is 0 Å². The molecule has 0 aliphatic heterocycles. The lowest BCUT2D eigenvalue weighted by Crippen LogP contribution is -1.94. The minimum Gasteiger partial charge on any atom is -0.456 e. The van der Waals surface area contributed by atoms with Crippen LogP contribution in [0.5, 0.6) is 0 Å². The van der Waals surface area contributed by atoms with Crippen molar-refractivity contribution in [3.05, 3.63) is 109 Å². The number of anilines is 2. The third-order valence-corrected chi connectivity index (χ3v) is 6.29. The van der Waals surface area contributed by atoms with Crippen LogP contribution in [0.4, 0.5) is 11.4 Å². The lowest BCUT2D eigenvalue weighted by Gasteiger charge is -2.13. The normalized spacial score (nSPS) is 11.6. The van der Waals surface area contributed by atoms with E-state index in [9.17, 15) is 0 Å². The van der Waals surface area contributed by atoms with Crippen LogP contribution in [0, 0.1) is 0 Å². The first-order valence-corrected chi connectivity index (χ1v) is 11.0. The Balaban J connectivity index is 1.39. The summed E-state index contributed by atoms with van der Waals surface area (Å²) in [6, 6.07) is 37.3. The van der Waals surface area contributed by atoms with Crippen LogP contribution in [0.15, 0.2) is 118 Å². The van der Waals surface area contributed by atoms with Gasteiger partial charge in [0.15, 0.2) is 0 Å². The predicted molar refractivity (Wildman–Crippen MR) is 136 cm³/mol. The fourth-order valence-corrected chi connectivity index (χ4v) is 4.76. The zero-order chi connectivity index (χ0) is 21.8. The van der Waals surface area contributed by atoms with Gasteiger partial charge in [0.2, 0.25) is 0 Å². The number of hydrogen-bond donors (Lipinski definition) is 1. The lowest BCUT2D eigenvalue weighted by atomic mass is 10.0. The molecule has 0 aliphatic rings. The molecule has 0 amide bonds. The number of benzene rings is 5. The van der Waals surface area contributed by atoms with Gasteiger partial charge in [-0.3, -0.25) is 0 Å². The Morgan fingerprint density at radius 1 is 0.455 bits per heavy atom. The third-order valence-electron chi connectivity index (χ3n) is 6.29. The minimum absolute atomic E-state index is 0.880. The molecule has 7 aromatic rings. The second-order valence-corrected chi connectivity index (χ2v) is 8.26. The van der Waals surface area contributed by atoms with Crippen molar-refractivity contribution in [1.82, 2.24) is 0 Å². The number of furan rings is 2. The SMILES string of the molecule is c1ccc(-c2ccc3oc4ccccc4c3c2)c(Nc2cccc3oc4ccccc4c23)c1. The van der Waals surface area contributed by atoms with Gasteiger partial charge in [-0.2, -0.15) is 0 Å². The Bertz CT molecular complexity index is 1810. The minimum atomic E-state index is 0.880. The summed E-state index contributed by atoms with van der Waals surface area (Å²) in [5.74, 6) is 0. The van der Waals surface area contributed by atoms with E-state index in [-0.39, 0.29) is 0 Å². The van der Waals surface area contributed by atoms with E-state index in [0.29, 0.717) is 0 Å². The molecule has 1 N–H and O–H groups in total. The Morgan fingerprint density at radius 2 is 1.09 bits per heavy atom. The van der Waals surface area contributed by atoms with E-state index >= 15 is 0 Å². The highest BCUT2D eigenvalue weighted by molar-refractivity contribution is 6.12. The molecule has 0 radical (unpaired) electrons. The molecule has 0 fully saturated rings. The van der Waals surface area contributed by atoms with E-state index in [4.69, 9.17) is 8.83 Å². The molecular formula is C30H19NO2. The van der Waals surface area contributed by atoms with Crippen LogP contribution in [0.1, 0.15) is 0 Å². The van der Waals surface area contributed by atoms with Gasteiger partial charge in [-0.25, -0.2) is 0 Å². The Morgan fingerprint density at radius 3 is 2.00 bits per heavy atom. The van der Waals surface area contributed by atoms with Crippen molar-refractivity contribution in [3.8, 4) is 11.1 Å². The van der Waals surface area contributed by atoms with Gasteiger partial charge in [0, 0.05) is 27.4 Å². The Hall–Kier alpha value is -4.50. The smallest absolute Gasteiger partial charge is 0.137 e. The summed E-state index contributed by atoms with van der Waals surface area (Å²) in [7, 11) is 0. The van der Waals surface area contributed by atoms with E-state index in [1.165, 1.54) is 0 Å². The summed E-state index contributed by atoms with van der Waals surface area (Å²) in [6.07, 6.45) is 0. The Labute approximate surface area is 189 Å². The topological polar surface area (TPSA) is 38.3 Å². The Kier molecular flexibility index (Phi) is 3.84. The number of hydrogen-bond acceptors (Lipinski definition) is 3. The maximum absolute atomic E-state index is 6.08. The molecule has 0 spiro atoms. The molecule has 0 unspecified atom stereocenters. The largest absolute Gasteiger partial charge is 0.456 e. The van der Waals surface area contributed by atoms with Crippen LogP contribution in [0.3, 0.4) is 0 Å². The van der Waals surface area contributed by atoms with Crippen molar-refractivity contribution in [2.45, 2.75) is 0 Å². The van der Waals surface area contributed by atoms with Crippen molar-refractivity contribution < 1.29 is 8.83 Å². The molecule has 3 nitrogen and oxygen atoms in total. The van der Waals surface area contributed by atoms with E-state index in [2.05, 4.69) is 72.0 Å². The quantitative estimate of drug-likeness (QED) is 0.307. The number of rotatable bonds is 3. The van der Waals surface area contributed by atoms with E-state index < -0.39 is 0 Å². The second-order valence-electron chi connectivity index (χ2n) is 8.26. The summed E-state index contributed by atoms with van der Waals surface area (Å²) in [6.45, 7) is 0. The molecular weight excluding hydrogens is 406 g/mol. The van der Waals surface area contributed by atoms with Crippen LogP contribution in [-0.4, -0.2) is 0 Å². The van der Waals surface area contributed by atoms with Gasteiger partial charge in [-0.1, -0.05) is 66.7 Å². The zero-order valence-electron chi connectivity index (χ0n) is 17.7. The molecule has 3 heteroatoms. The van der Waals surface area contributed by atoms with Gasteiger partial charge in [0.1, 0.15) is 22.3 Å². The molecule has 33 heavy (non-hydrogen) atoms. The van der Waals surface area contributed by atoms with Gasteiger partial charge in [-0.05, 0) is 48.0 Å². The van der Waals surface area contributed by atoms with Crippen LogP contribution in [0.25, 0.3) is 55.0 Å². The zero-order valence-corrected chi connectivity index (χ0v) is 17.7. The van der Waals surface area contributed by atoms with Crippen molar-refractivity contribution in [2.24, 2.45) is 0 Å². The molecule has 7 rings (SSSR count). The molecule has 0 atom stereocenters. The van der Waals surface area contributed by atoms with Gasteiger partial charge in [-0.15, -0.1) is 0 Å². The summed E-state index contributed by atoms with van der Waals surface area (Å²) in [5, 5.41) is 8.15. The number of fused-ring (bicyclic) bond motifs is 6. The molecule has 5 aromatic carbocycles. The highest BCUT2D eigenvalue weighted by Crippen LogP contribution is 2.39. The number of para-hydroxylation sites is 3. The summed E-state index contributed by atoms with van der Waals surface area (Å²) >= 11 is 0. The van der Waals surface area contributed by atoms with Gasteiger partial charge in [0.25, 0.3) is 0 Å². The molecule has 0 bridgehead atoms. The average molecular weight is 425 g/mol. The molecule has 0 saturated heterocycles. The summed E-state index contributed by atoms with van der Waals surface area (Å²) in [5.41, 5.74) is 7.94. The van der Waals surface area contributed by atoms with Crippen molar-refractivity contribution in [3.63, 3.8) is 0 Å². The first-order valence-electron chi connectivity index (χ1n) is 11.0. The first-order chi connectivity index (χ1) is 16.3. The van der Waals surface area contributed by atoms with Crippen LogP contribution in [-0.2, 0) is 0 Å². The van der Waals surface area contributed by atoms with Gasteiger partial charge >= 0.3 is 0 Å². The maximum Gasteiger partial charge on any atom is 0.137 e. The van der Waals surface area contributed by atoms with Crippen LogP contribution >= 0.6 is 0 Å². The molecule has 2 heterocycles. The summed E-state index contributed by atoms with van der Waals surface area (Å²) in [4.78, 5) is 0. The third kappa shape index (κ3) is 2.83. The standard InChI is InChI=1S/C30H19NO2/c1-4-11-24(31-25-12-7-15-29-30(25)22-10-3-6-14-27(22)33-29)20(8-1)19-16-17-28-23(18-19)21-9-2-5-13-26(21)32-28/h1-18,31H. The van der Waals surface area contributed by atoms with E-state index in [1.807, 2.05) is 42.5 Å².